The molecule has 0 aliphatic carbocycles. The van der Waals surface area contributed by atoms with E-state index in [-0.39, 0.29) is 32.2 Å². The standard InChI is InChI=1S/C22H20F3NO4S2/c1-13(2)14-4-8-16(9-5-14)26-32(28,29)17-10-6-15(7-11-17)18-12-19(21(27)30-3)31-20(18)22(23,24)25/h4-13,26H,1-3H3. The van der Waals surface area contributed by atoms with Crippen molar-refractivity contribution in [3.05, 3.63) is 69.9 Å². The summed E-state index contributed by atoms with van der Waals surface area (Å²) in [5, 5.41) is 0. The van der Waals surface area contributed by atoms with E-state index in [9.17, 15) is 26.4 Å². The van der Waals surface area contributed by atoms with Gasteiger partial charge < -0.3 is 4.74 Å². The molecule has 0 bridgehead atoms. The first-order chi connectivity index (χ1) is 14.9. The molecule has 1 N–H and O–H groups in total. The van der Waals surface area contributed by atoms with Crippen LogP contribution in [-0.4, -0.2) is 21.5 Å². The second-order valence-electron chi connectivity index (χ2n) is 7.25. The summed E-state index contributed by atoms with van der Waals surface area (Å²) in [5.74, 6) is -0.578. The average Bonchev–Trinajstić information content (AvgIpc) is 3.19. The van der Waals surface area contributed by atoms with Gasteiger partial charge in [-0.05, 0) is 47.4 Å². The van der Waals surface area contributed by atoms with E-state index in [0.717, 1.165) is 18.7 Å². The van der Waals surface area contributed by atoms with Crippen molar-refractivity contribution < 1.29 is 31.1 Å². The Bertz CT molecular complexity index is 1210. The molecule has 2 aromatic carbocycles. The number of methoxy groups -OCH3 is 1. The predicted molar refractivity (Wildman–Crippen MR) is 117 cm³/mol. The Morgan fingerprint density at radius 1 is 1.03 bits per heavy atom. The Kier molecular flexibility index (Phi) is 6.66. The fourth-order valence-electron chi connectivity index (χ4n) is 2.98. The van der Waals surface area contributed by atoms with Crippen molar-refractivity contribution in [2.45, 2.75) is 30.8 Å². The molecule has 0 aliphatic rings. The van der Waals surface area contributed by atoms with Crippen molar-refractivity contribution in [2.24, 2.45) is 0 Å². The van der Waals surface area contributed by atoms with E-state index in [1.807, 2.05) is 26.0 Å². The molecule has 170 valence electrons. The number of hydrogen-bond acceptors (Lipinski definition) is 5. The number of alkyl halides is 3. The molecule has 5 nitrogen and oxygen atoms in total. The number of rotatable bonds is 6. The van der Waals surface area contributed by atoms with E-state index in [2.05, 4.69) is 9.46 Å². The van der Waals surface area contributed by atoms with Crippen LogP contribution in [0.2, 0.25) is 0 Å². The molecule has 32 heavy (non-hydrogen) atoms. The largest absolute Gasteiger partial charge is 0.465 e. The Morgan fingerprint density at radius 2 is 1.62 bits per heavy atom. The lowest BCUT2D eigenvalue weighted by Gasteiger charge is -2.11. The zero-order valence-electron chi connectivity index (χ0n) is 17.4. The van der Waals surface area contributed by atoms with Crippen molar-refractivity contribution in [2.75, 3.05) is 11.8 Å². The molecular weight excluding hydrogens is 463 g/mol. The summed E-state index contributed by atoms with van der Waals surface area (Å²) in [4.78, 5) is 10.4. The summed E-state index contributed by atoms with van der Waals surface area (Å²) in [7, 11) is -2.86. The van der Waals surface area contributed by atoms with Crippen molar-refractivity contribution in [3.63, 3.8) is 0 Å². The van der Waals surface area contributed by atoms with Crippen LogP contribution < -0.4 is 4.72 Å². The summed E-state index contributed by atoms with van der Waals surface area (Å²) in [6, 6.07) is 13.0. The molecule has 3 aromatic rings. The molecule has 0 unspecified atom stereocenters. The van der Waals surface area contributed by atoms with E-state index in [4.69, 9.17) is 0 Å². The number of benzene rings is 2. The predicted octanol–water partition coefficient (Wildman–Crippen LogP) is 6.14. The average molecular weight is 484 g/mol. The van der Waals surface area contributed by atoms with Crippen molar-refractivity contribution >= 4 is 33.0 Å². The van der Waals surface area contributed by atoms with Crippen LogP contribution in [0.3, 0.4) is 0 Å². The molecule has 0 aliphatic heterocycles. The van der Waals surface area contributed by atoms with E-state index in [0.29, 0.717) is 11.6 Å². The second kappa shape index (κ2) is 8.95. The number of esters is 1. The molecule has 0 spiro atoms. The SMILES string of the molecule is COC(=O)c1cc(-c2ccc(S(=O)(=O)Nc3ccc(C(C)C)cc3)cc2)c(C(F)(F)F)s1. The number of carbonyl (C=O) groups excluding carboxylic acids is 1. The fraction of sp³-hybridized carbons (Fsp3) is 0.227. The molecule has 10 heteroatoms. The maximum Gasteiger partial charge on any atom is 0.426 e. The van der Waals surface area contributed by atoms with Crippen LogP contribution in [0.15, 0.2) is 59.5 Å². The van der Waals surface area contributed by atoms with E-state index >= 15 is 0 Å². The summed E-state index contributed by atoms with van der Waals surface area (Å²) in [6.45, 7) is 4.04. The molecule has 1 aromatic heterocycles. The molecule has 0 saturated heterocycles. The normalized spacial score (nSPS) is 12.1. The molecule has 3 rings (SSSR count). The van der Waals surface area contributed by atoms with Gasteiger partial charge in [-0.25, -0.2) is 13.2 Å². The summed E-state index contributed by atoms with van der Waals surface area (Å²) < 4.78 is 72.7. The van der Waals surface area contributed by atoms with Gasteiger partial charge >= 0.3 is 12.1 Å². The maximum atomic E-state index is 13.5. The van der Waals surface area contributed by atoms with Gasteiger partial charge in [0.25, 0.3) is 10.0 Å². The summed E-state index contributed by atoms with van der Waals surface area (Å²) in [6.07, 6.45) is -4.68. The van der Waals surface area contributed by atoms with Gasteiger partial charge in [-0.2, -0.15) is 13.2 Å². The van der Waals surface area contributed by atoms with Crippen LogP contribution in [-0.2, 0) is 20.9 Å². The second-order valence-corrected chi connectivity index (χ2v) is 9.98. The minimum Gasteiger partial charge on any atom is -0.465 e. The van der Waals surface area contributed by atoms with Gasteiger partial charge in [0.1, 0.15) is 9.75 Å². The first-order valence-electron chi connectivity index (χ1n) is 9.45. The third-order valence-corrected chi connectivity index (χ3v) is 7.24. The molecule has 0 radical (unpaired) electrons. The Labute approximate surface area is 187 Å². The van der Waals surface area contributed by atoms with Crippen LogP contribution in [0.4, 0.5) is 18.9 Å². The highest BCUT2D eigenvalue weighted by Gasteiger charge is 2.37. The van der Waals surface area contributed by atoms with E-state index < -0.39 is 27.0 Å². The van der Waals surface area contributed by atoms with Gasteiger partial charge in [0, 0.05) is 11.3 Å². The first kappa shape index (κ1) is 23.8. The van der Waals surface area contributed by atoms with Crippen LogP contribution in [0.25, 0.3) is 11.1 Å². The lowest BCUT2D eigenvalue weighted by molar-refractivity contribution is -0.133. The minimum atomic E-state index is -4.68. The van der Waals surface area contributed by atoms with Crippen LogP contribution in [0.5, 0.6) is 0 Å². The van der Waals surface area contributed by atoms with Gasteiger partial charge in [-0.1, -0.05) is 38.1 Å². The first-order valence-corrected chi connectivity index (χ1v) is 11.7. The van der Waals surface area contributed by atoms with Gasteiger partial charge in [0.15, 0.2) is 0 Å². The molecule has 0 atom stereocenters. The summed E-state index contributed by atoms with van der Waals surface area (Å²) in [5.41, 5.74) is 1.34. The van der Waals surface area contributed by atoms with Crippen LogP contribution in [0.1, 0.15) is 39.9 Å². The Balaban J connectivity index is 1.90. The zero-order chi connectivity index (χ0) is 23.7. The van der Waals surface area contributed by atoms with Crippen molar-refractivity contribution in [3.8, 4) is 11.1 Å². The number of thiophene rings is 1. The topological polar surface area (TPSA) is 72.5 Å². The van der Waals surface area contributed by atoms with Crippen LogP contribution >= 0.6 is 11.3 Å². The third-order valence-electron chi connectivity index (χ3n) is 4.68. The molecule has 0 amide bonds. The maximum absolute atomic E-state index is 13.5. The smallest absolute Gasteiger partial charge is 0.426 e. The van der Waals surface area contributed by atoms with Crippen LogP contribution in [0, 0.1) is 0 Å². The number of hydrogen-bond donors (Lipinski definition) is 1. The number of ether oxygens (including phenoxy) is 1. The Hall–Kier alpha value is -2.85. The third kappa shape index (κ3) is 5.13. The fourth-order valence-corrected chi connectivity index (χ4v) is 5.01. The highest BCUT2D eigenvalue weighted by Crippen LogP contribution is 2.43. The van der Waals surface area contributed by atoms with E-state index in [1.165, 1.54) is 24.3 Å². The number of halogens is 3. The van der Waals surface area contributed by atoms with Gasteiger partial charge in [-0.15, -0.1) is 11.3 Å². The van der Waals surface area contributed by atoms with Gasteiger partial charge in [0.2, 0.25) is 0 Å². The lowest BCUT2D eigenvalue weighted by Crippen LogP contribution is -2.13. The number of anilines is 1. The number of carbonyl (C=O) groups is 1. The highest BCUT2D eigenvalue weighted by molar-refractivity contribution is 7.92. The van der Waals surface area contributed by atoms with Crippen molar-refractivity contribution in [1.82, 2.24) is 0 Å². The summed E-state index contributed by atoms with van der Waals surface area (Å²) >= 11 is 0.278. The molecule has 0 saturated carbocycles. The highest BCUT2D eigenvalue weighted by atomic mass is 32.2. The molecular formula is C22H20F3NO4S2. The van der Waals surface area contributed by atoms with Gasteiger partial charge in [-0.3, -0.25) is 4.72 Å². The number of nitrogens with one attached hydrogen (secondary N) is 1. The van der Waals surface area contributed by atoms with Crippen molar-refractivity contribution in [1.29, 1.82) is 0 Å². The quantitative estimate of drug-likeness (QED) is 0.427. The minimum absolute atomic E-state index is 0.105. The monoisotopic (exact) mass is 483 g/mol. The van der Waals surface area contributed by atoms with Gasteiger partial charge in [0.05, 0.1) is 12.0 Å². The van der Waals surface area contributed by atoms with E-state index in [1.54, 1.807) is 12.1 Å². The molecule has 1 heterocycles. The zero-order valence-corrected chi connectivity index (χ0v) is 19.0. The Morgan fingerprint density at radius 3 is 2.12 bits per heavy atom. The number of sulfonamides is 1. The lowest BCUT2D eigenvalue weighted by atomic mass is 10.0. The molecule has 0 fully saturated rings.